The van der Waals surface area contributed by atoms with Crippen molar-refractivity contribution in [1.82, 2.24) is 9.21 Å². The molecule has 1 heterocycles. The number of para-hydroxylation sites is 1. The van der Waals surface area contributed by atoms with Gasteiger partial charge in [-0.15, -0.1) is 0 Å². The molecule has 0 saturated carbocycles. The average Bonchev–Trinajstić information content (AvgIpc) is 2.61. The Morgan fingerprint density at radius 1 is 1.28 bits per heavy atom. The molecule has 2 rings (SSSR count). The van der Waals surface area contributed by atoms with Gasteiger partial charge in [0.05, 0.1) is 4.92 Å². The van der Waals surface area contributed by atoms with Crippen LogP contribution in [-0.2, 0) is 19.6 Å². The van der Waals surface area contributed by atoms with Gasteiger partial charge in [0.15, 0.2) is 4.90 Å². The molecule has 0 bridgehead atoms. The van der Waals surface area contributed by atoms with E-state index in [1.54, 1.807) is 18.7 Å². The number of rotatable bonds is 6. The van der Waals surface area contributed by atoms with E-state index in [1.165, 1.54) is 22.5 Å². The number of nitrogens with zero attached hydrogens (tertiary/aromatic N) is 3. The van der Waals surface area contributed by atoms with Crippen LogP contribution in [0.2, 0.25) is 0 Å². The Morgan fingerprint density at radius 2 is 1.88 bits per heavy atom. The van der Waals surface area contributed by atoms with Gasteiger partial charge in [0.2, 0.25) is 10.0 Å². The van der Waals surface area contributed by atoms with E-state index in [0.717, 1.165) is 6.07 Å². The van der Waals surface area contributed by atoms with Gasteiger partial charge in [0, 0.05) is 38.9 Å². The van der Waals surface area contributed by atoms with Crippen LogP contribution >= 0.6 is 0 Å². The van der Waals surface area contributed by atoms with Gasteiger partial charge in [0.25, 0.3) is 11.6 Å². The Kier molecular flexibility index (Phi) is 6.09. The number of ether oxygens (including phenoxy) is 1. The molecule has 1 amide bonds. The number of sulfonamides is 1. The van der Waals surface area contributed by atoms with E-state index in [4.69, 9.17) is 4.74 Å². The van der Waals surface area contributed by atoms with E-state index in [9.17, 15) is 23.3 Å². The second-order valence-corrected chi connectivity index (χ2v) is 7.46. The molecule has 138 valence electrons. The lowest BCUT2D eigenvalue weighted by Gasteiger charge is -2.35. The summed E-state index contributed by atoms with van der Waals surface area (Å²) in [7, 11) is -3.99. The minimum atomic E-state index is -3.99. The van der Waals surface area contributed by atoms with Gasteiger partial charge in [-0.05, 0) is 19.9 Å². The third kappa shape index (κ3) is 4.14. The van der Waals surface area contributed by atoms with E-state index in [2.05, 4.69) is 0 Å². The van der Waals surface area contributed by atoms with Crippen molar-refractivity contribution >= 4 is 21.6 Å². The van der Waals surface area contributed by atoms with Crippen LogP contribution in [0.4, 0.5) is 5.69 Å². The Labute approximate surface area is 146 Å². The predicted molar refractivity (Wildman–Crippen MR) is 89.5 cm³/mol. The maximum absolute atomic E-state index is 12.7. The summed E-state index contributed by atoms with van der Waals surface area (Å²) in [6.45, 7) is 4.46. The fraction of sp³-hybridized carbons (Fsp3) is 0.533. The number of nitro benzene ring substituents is 1. The van der Waals surface area contributed by atoms with Crippen LogP contribution in [0.5, 0.6) is 0 Å². The minimum absolute atomic E-state index is 0.0823. The number of carbonyl (C=O) groups is 1. The van der Waals surface area contributed by atoms with Crippen LogP contribution in [-0.4, -0.2) is 67.3 Å². The summed E-state index contributed by atoms with van der Waals surface area (Å²) in [5, 5.41) is 11.1. The highest BCUT2D eigenvalue weighted by molar-refractivity contribution is 7.89. The van der Waals surface area contributed by atoms with Gasteiger partial charge in [-0.2, -0.15) is 4.31 Å². The number of nitro groups is 1. The number of hydrogen-bond acceptors (Lipinski definition) is 6. The molecule has 10 heteroatoms. The van der Waals surface area contributed by atoms with Gasteiger partial charge >= 0.3 is 0 Å². The topological polar surface area (TPSA) is 110 Å². The second-order valence-electron chi connectivity index (χ2n) is 5.55. The Morgan fingerprint density at radius 3 is 2.44 bits per heavy atom. The molecule has 1 aromatic rings. The lowest BCUT2D eigenvalue weighted by atomic mass is 10.3. The van der Waals surface area contributed by atoms with Crippen molar-refractivity contribution in [2.75, 3.05) is 32.8 Å². The van der Waals surface area contributed by atoms with Crippen LogP contribution in [0.25, 0.3) is 0 Å². The van der Waals surface area contributed by atoms with E-state index in [1.807, 2.05) is 0 Å². The highest BCUT2D eigenvalue weighted by Gasteiger charge is 2.35. The van der Waals surface area contributed by atoms with Gasteiger partial charge in [-0.3, -0.25) is 14.9 Å². The van der Waals surface area contributed by atoms with Crippen molar-refractivity contribution in [3.8, 4) is 0 Å². The van der Waals surface area contributed by atoms with E-state index >= 15 is 0 Å². The molecule has 0 aromatic heterocycles. The summed E-state index contributed by atoms with van der Waals surface area (Å²) < 4.78 is 31.9. The largest absolute Gasteiger partial charge is 0.369 e. The fourth-order valence-electron chi connectivity index (χ4n) is 2.69. The van der Waals surface area contributed by atoms with Gasteiger partial charge in [-0.25, -0.2) is 8.42 Å². The first-order valence-corrected chi connectivity index (χ1v) is 9.37. The third-order valence-electron chi connectivity index (χ3n) is 3.99. The zero-order chi connectivity index (χ0) is 18.6. The second kappa shape index (κ2) is 7.89. The maximum Gasteiger partial charge on any atom is 0.289 e. The molecule has 1 unspecified atom stereocenters. The van der Waals surface area contributed by atoms with Crippen LogP contribution in [0.15, 0.2) is 29.2 Å². The number of benzene rings is 1. The van der Waals surface area contributed by atoms with E-state index < -0.39 is 26.7 Å². The normalized spacial score (nSPS) is 17.3. The van der Waals surface area contributed by atoms with E-state index in [0.29, 0.717) is 6.61 Å². The predicted octanol–water partition coefficient (Wildman–Crippen LogP) is 0.853. The lowest BCUT2D eigenvalue weighted by molar-refractivity contribution is -0.387. The monoisotopic (exact) mass is 371 g/mol. The molecular weight excluding hydrogens is 350 g/mol. The van der Waals surface area contributed by atoms with E-state index in [-0.39, 0.29) is 37.0 Å². The molecule has 1 aliphatic heterocycles. The first kappa shape index (κ1) is 19.3. The zero-order valence-corrected chi connectivity index (χ0v) is 14.9. The van der Waals surface area contributed by atoms with Gasteiger partial charge < -0.3 is 9.64 Å². The van der Waals surface area contributed by atoms with Gasteiger partial charge in [-0.1, -0.05) is 12.1 Å². The zero-order valence-electron chi connectivity index (χ0n) is 14.1. The molecule has 1 saturated heterocycles. The third-order valence-corrected chi connectivity index (χ3v) is 5.94. The molecule has 1 aliphatic rings. The van der Waals surface area contributed by atoms with Crippen molar-refractivity contribution in [2.45, 2.75) is 24.8 Å². The summed E-state index contributed by atoms with van der Waals surface area (Å²) >= 11 is 0. The van der Waals surface area contributed by atoms with Crippen molar-refractivity contribution in [3.05, 3.63) is 34.4 Å². The number of carbonyl (C=O) groups excluding carboxylic acids is 1. The smallest absolute Gasteiger partial charge is 0.289 e. The highest BCUT2D eigenvalue weighted by Crippen LogP contribution is 2.27. The summed E-state index contributed by atoms with van der Waals surface area (Å²) in [5.41, 5.74) is -0.453. The molecule has 0 radical (unpaired) electrons. The molecule has 1 fully saturated rings. The lowest BCUT2D eigenvalue weighted by Crippen LogP contribution is -2.52. The van der Waals surface area contributed by atoms with Crippen LogP contribution in [0.3, 0.4) is 0 Å². The molecule has 1 atom stereocenters. The minimum Gasteiger partial charge on any atom is -0.369 e. The Bertz CT molecular complexity index is 743. The average molecular weight is 371 g/mol. The quantitative estimate of drug-likeness (QED) is 0.542. The molecule has 0 N–H and O–H groups in total. The van der Waals surface area contributed by atoms with Crippen molar-refractivity contribution in [2.24, 2.45) is 0 Å². The number of hydrogen-bond donors (Lipinski definition) is 0. The molecule has 0 aliphatic carbocycles. The Balaban J connectivity index is 2.12. The highest BCUT2D eigenvalue weighted by atomic mass is 32.2. The summed E-state index contributed by atoms with van der Waals surface area (Å²) in [6.07, 6.45) is -0.580. The molecule has 0 spiro atoms. The number of piperazine rings is 1. The molecule has 9 nitrogen and oxygen atoms in total. The molecular formula is C15H21N3O6S. The summed E-state index contributed by atoms with van der Waals surface area (Å²) in [6, 6.07) is 5.25. The standard InChI is InChI=1S/C15H21N3O6S/c1-3-24-12(2)15(19)16-8-10-17(11-9-16)25(22,23)14-7-5-4-6-13(14)18(20)21/h4-7,12H,3,8-11H2,1-2H3. The maximum atomic E-state index is 12.7. The Hall–Kier alpha value is -2.04. The van der Waals surface area contributed by atoms with Crippen molar-refractivity contribution in [1.29, 1.82) is 0 Å². The SMILES string of the molecule is CCOC(C)C(=O)N1CCN(S(=O)(=O)c2ccccc2[N+](=O)[O-])CC1. The molecule has 1 aromatic carbocycles. The fourth-order valence-corrected chi connectivity index (χ4v) is 4.27. The number of amides is 1. The van der Waals surface area contributed by atoms with Crippen molar-refractivity contribution < 1.29 is 22.9 Å². The summed E-state index contributed by atoms with van der Waals surface area (Å²) in [4.78, 5) is 23.8. The van der Waals surface area contributed by atoms with Crippen LogP contribution in [0.1, 0.15) is 13.8 Å². The first-order valence-electron chi connectivity index (χ1n) is 7.93. The van der Waals surface area contributed by atoms with Gasteiger partial charge in [0.1, 0.15) is 6.10 Å². The first-order chi connectivity index (χ1) is 11.8. The molecule has 25 heavy (non-hydrogen) atoms. The summed E-state index contributed by atoms with van der Waals surface area (Å²) in [5.74, 6) is -0.190. The van der Waals surface area contributed by atoms with Crippen molar-refractivity contribution in [3.63, 3.8) is 0 Å². The van der Waals surface area contributed by atoms with Crippen LogP contribution < -0.4 is 0 Å². The van der Waals surface area contributed by atoms with Crippen LogP contribution in [0, 0.1) is 10.1 Å².